The third kappa shape index (κ3) is 4.99. The van der Waals surface area contributed by atoms with E-state index in [0.717, 1.165) is 5.01 Å². The fourth-order valence-corrected chi connectivity index (χ4v) is 2.81. The van der Waals surface area contributed by atoms with Crippen molar-refractivity contribution in [1.29, 1.82) is 0 Å². The van der Waals surface area contributed by atoms with Gasteiger partial charge >= 0.3 is 0 Å². The molecule has 134 valence electrons. The minimum absolute atomic E-state index is 0.0998. The quantitative estimate of drug-likeness (QED) is 0.790. The van der Waals surface area contributed by atoms with Crippen LogP contribution in [0, 0.1) is 12.8 Å². The number of nitrogens with one attached hydrogen (secondary N) is 2. The monoisotopic (exact) mass is 362 g/mol. The van der Waals surface area contributed by atoms with E-state index in [1.165, 1.54) is 11.3 Å². The maximum atomic E-state index is 12.6. The molecule has 0 bridgehead atoms. The van der Waals surface area contributed by atoms with Gasteiger partial charge in [0.2, 0.25) is 11.0 Å². The predicted octanol–water partition coefficient (Wildman–Crippen LogP) is 2.64. The Labute approximate surface area is 150 Å². The highest BCUT2D eigenvalue weighted by molar-refractivity contribution is 7.15. The Balaban J connectivity index is 2.13. The highest BCUT2D eigenvalue weighted by Gasteiger charge is 2.26. The Bertz CT molecular complexity index is 745. The number of amides is 2. The molecule has 0 saturated heterocycles. The number of nitrogens with zero attached hydrogens (tertiary/aromatic N) is 2. The molecule has 0 radical (unpaired) electrons. The number of rotatable bonds is 7. The molecule has 2 rings (SSSR count). The van der Waals surface area contributed by atoms with E-state index in [2.05, 4.69) is 20.8 Å². The molecule has 0 unspecified atom stereocenters. The summed E-state index contributed by atoms with van der Waals surface area (Å²) in [4.78, 5) is 25.1. The van der Waals surface area contributed by atoms with Crippen molar-refractivity contribution in [3.8, 4) is 5.75 Å². The van der Waals surface area contributed by atoms with Crippen molar-refractivity contribution in [2.75, 3.05) is 11.9 Å². The van der Waals surface area contributed by atoms with E-state index in [0.29, 0.717) is 23.1 Å². The Morgan fingerprint density at radius 3 is 2.56 bits per heavy atom. The molecule has 2 aromatic rings. The van der Waals surface area contributed by atoms with Crippen LogP contribution in [0.4, 0.5) is 5.13 Å². The summed E-state index contributed by atoms with van der Waals surface area (Å²) in [6.45, 7) is 7.84. The van der Waals surface area contributed by atoms with Gasteiger partial charge in [-0.3, -0.25) is 14.9 Å². The van der Waals surface area contributed by atoms with Crippen molar-refractivity contribution in [1.82, 2.24) is 15.5 Å². The number of hydrogen-bond acceptors (Lipinski definition) is 6. The highest BCUT2D eigenvalue weighted by Crippen LogP contribution is 2.19. The van der Waals surface area contributed by atoms with E-state index in [1.54, 1.807) is 31.2 Å². The van der Waals surface area contributed by atoms with Gasteiger partial charge in [0.05, 0.1) is 12.2 Å². The topological polar surface area (TPSA) is 93.2 Å². The molecule has 0 spiro atoms. The first-order chi connectivity index (χ1) is 11.9. The summed E-state index contributed by atoms with van der Waals surface area (Å²) in [7, 11) is 0. The molecule has 0 aliphatic rings. The van der Waals surface area contributed by atoms with Crippen LogP contribution in [-0.2, 0) is 4.79 Å². The largest absolute Gasteiger partial charge is 0.493 e. The van der Waals surface area contributed by atoms with E-state index in [9.17, 15) is 9.59 Å². The van der Waals surface area contributed by atoms with Gasteiger partial charge in [-0.15, -0.1) is 10.2 Å². The Kier molecular flexibility index (Phi) is 6.46. The smallest absolute Gasteiger partial charge is 0.255 e. The normalized spacial score (nSPS) is 11.9. The Morgan fingerprint density at radius 1 is 1.24 bits per heavy atom. The predicted molar refractivity (Wildman–Crippen MR) is 97.0 cm³/mol. The van der Waals surface area contributed by atoms with Crippen molar-refractivity contribution in [2.24, 2.45) is 5.92 Å². The average molecular weight is 362 g/mol. The number of benzene rings is 1. The minimum atomic E-state index is -0.702. The fraction of sp³-hybridized carbons (Fsp3) is 0.412. The van der Waals surface area contributed by atoms with Crippen LogP contribution < -0.4 is 15.4 Å². The number of hydrogen-bond donors (Lipinski definition) is 2. The van der Waals surface area contributed by atoms with Gasteiger partial charge in [0, 0.05) is 0 Å². The Hall–Kier alpha value is -2.48. The number of carbonyl (C=O) groups is 2. The van der Waals surface area contributed by atoms with E-state index < -0.39 is 6.04 Å². The molecule has 0 aliphatic carbocycles. The molecule has 0 aliphatic heterocycles. The summed E-state index contributed by atoms with van der Waals surface area (Å²) in [6, 6.07) is 6.25. The second kappa shape index (κ2) is 8.57. The fourth-order valence-electron chi connectivity index (χ4n) is 2.22. The van der Waals surface area contributed by atoms with Crippen LogP contribution in [0.1, 0.15) is 36.1 Å². The molecule has 1 aromatic heterocycles. The first kappa shape index (κ1) is 18.9. The number of para-hydroxylation sites is 1. The summed E-state index contributed by atoms with van der Waals surface area (Å²) < 4.78 is 5.48. The molecule has 2 N–H and O–H groups in total. The molecule has 0 fully saturated rings. The third-order valence-electron chi connectivity index (χ3n) is 3.42. The van der Waals surface area contributed by atoms with Gasteiger partial charge in [-0.2, -0.15) is 0 Å². The lowest BCUT2D eigenvalue weighted by atomic mass is 10.0. The van der Waals surface area contributed by atoms with Crippen LogP contribution in [-0.4, -0.2) is 34.7 Å². The number of carbonyl (C=O) groups excluding carboxylic acids is 2. The van der Waals surface area contributed by atoms with Crippen molar-refractivity contribution in [3.63, 3.8) is 0 Å². The second-order valence-corrected chi connectivity index (χ2v) is 6.92. The molecular formula is C17H22N4O3S. The molecular weight excluding hydrogens is 340 g/mol. The van der Waals surface area contributed by atoms with Crippen LogP contribution in [0.15, 0.2) is 24.3 Å². The Morgan fingerprint density at radius 2 is 1.96 bits per heavy atom. The zero-order chi connectivity index (χ0) is 18.4. The summed E-state index contributed by atoms with van der Waals surface area (Å²) in [5, 5.41) is 14.4. The lowest BCUT2D eigenvalue weighted by molar-refractivity contribution is -0.118. The standard InChI is InChI=1S/C17H22N4O3S/c1-5-24-13-9-7-6-8-12(13)15(22)18-14(10(2)3)16(23)19-17-21-20-11(4)25-17/h6-10,14H,5H2,1-4H3,(H,18,22)(H,19,21,23)/t14-/m0/s1. The summed E-state index contributed by atoms with van der Waals surface area (Å²) >= 11 is 1.28. The van der Waals surface area contributed by atoms with Crippen LogP contribution >= 0.6 is 11.3 Å². The van der Waals surface area contributed by atoms with Crippen LogP contribution in [0.3, 0.4) is 0 Å². The van der Waals surface area contributed by atoms with Crippen LogP contribution in [0.25, 0.3) is 0 Å². The summed E-state index contributed by atoms with van der Waals surface area (Å²) in [6.07, 6.45) is 0. The molecule has 1 heterocycles. The minimum Gasteiger partial charge on any atom is -0.493 e. The lowest BCUT2D eigenvalue weighted by Crippen LogP contribution is -2.47. The zero-order valence-electron chi connectivity index (χ0n) is 14.7. The molecule has 8 heteroatoms. The van der Waals surface area contributed by atoms with Gasteiger partial charge in [0.15, 0.2) is 0 Å². The van der Waals surface area contributed by atoms with Gasteiger partial charge < -0.3 is 10.1 Å². The second-order valence-electron chi connectivity index (χ2n) is 5.74. The van der Waals surface area contributed by atoms with Crippen molar-refractivity contribution in [2.45, 2.75) is 33.7 Å². The highest BCUT2D eigenvalue weighted by atomic mass is 32.1. The number of aromatic nitrogens is 2. The number of anilines is 1. The maximum Gasteiger partial charge on any atom is 0.255 e. The number of ether oxygens (including phenoxy) is 1. The maximum absolute atomic E-state index is 12.6. The molecule has 25 heavy (non-hydrogen) atoms. The molecule has 0 saturated carbocycles. The third-order valence-corrected chi connectivity index (χ3v) is 4.18. The van der Waals surface area contributed by atoms with Gasteiger partial charge in [-0.25, -0.2) is 0 Å². The van der Waals surface area contributed by atoms with E-state index >= 15 is 0 Å². The van der Waals surface area contributed by atoms with Crippen LogP contribution in [0.5, 0.6) is 5.75 Å². The lowest BCUT2D eigenvalue weighted by Gasteiger charge is -2.21. The zero-order valence-corrected chi connectivity index (χ0v) is 15.5. The van der Waals surface area contributed by atoms with E-state index in [-0.39, 0.29) is 17.7 Å². The van der Waals surface area contributed by atoms with E-state index in [1.807, 2.05) is 20.8 Å². The van der Waals surface area contributed by atoms with Crippen LogP contribution in [0.2, 0.25) is 0 Å². The molecule has 1 atom stereocenters. The first-order valence-corrected chi connectivity index (χ1v) is 8.87. The molecule has 7 nitrogen and oxygen atoms in total. The van der Waals surface area contributed by atoms with Crippen molar-refractivity contribution in [3.05, 3.63) is 34.8 Å². The van der Waals surface area contributed by atoms with Gasteiger partial charge in [-0.05, 0) is 31.9 Å². The first-order valence-electron chi connectivity index (χ1n) is 8.06. The summed E-state index contributed by atoms with van der Waals surface area (Å²) in [5.41, 5.74) is 0.398. The molecule has 2 amide bonds. The SMILES string of the molecule is CCOc1ccccc1C(=O)N[C@H](C(=O)Nc1nnc(C)s1)C(C)C. The number of aryl methyl sites for hydroxylation is 1. The average Bonchev–Trinajstić information content (AvgIpc) is 2.97. The van der Waals surface area contributed by atoms with Crippen molar-refractivity contribution >= 4 is 28.3 Å². The van der Waals surface area contributed by atoms with Gasteiger partial charge in [-0.1, -0.05) is 37.3 Å². The summed E-state index contributed by atoms with van der Waals surface area (Å²) in [5.74, 6) is -0.290. The van der Waals surface area contributed by atoms with Gasteiger partial charge in [0.1, 0.15) is 16.8 Å². The van der Waals surface area contributed by atoms with Gasteiger partial charge in [0.25, 0.3) is 5.91 Å². The van der Waals surface area contributed by atoms with Crippen molar-refractivity contribution < 1.29 is 14.3 Å². The van der Waals surface area contributed by atoms with E-state index in [4.69, 9.17) is 4.74 Å². The molecule has 1 aromatic carbocycles.